The Morgan fingerprint density at radius 3 is 2.70 bits per heavy atom. The second-order valence-electron chi connectivity index (χ2n) is 7.89. The van der Waals surface area contributed by atoms with E-state index in [1.54, 1.807) is 14.2 Å². The molecular formula is C21H30N2O4. The van der Waals surface area contributed by atoms with E-state index in [1.807, 2.05) is 28.0 Å². The molecule has 2 aliphatic rings. The van der Waals surface area contributed by atoms with Crippen LogP contribution in [0, 0.1) is 11.8 Å². The van der Waals surface area contributed by atoms with Gasteiger partial charge in [0.25, 0.3) is 0 Å². The van der Waals surface area contributed by atoms with Crippen molar-refractivity contribution in [2.75, 3.05) is 33.9 Å². The lowest BCUT2D eigenvalue weighted by atomic mass is 10.0. The van der Waals surface area contributed by atoms with Crippen LogP contribution in [-0.2, 0) is 9.59 Å². The number of carbonyl (C=O) groups is 2. The standard InChI is InChI=1S/C21H30N2O4/c1-14(2)12-22-13-15(10-20(22)24)21(25)23-9-5-6-18(23)17-8-7-16(26-3)11-19(17)27-4/h7-8,11,14-15,18H,5-6,9-10,12-13H2,1-4H3/t15-,18-/m1/s1. The summed E-state index contributed by atoms with van der Waals surface area (Å²) in [4.78, 5) is 29.3. The summed E-state index contributed by atoms with van der Waals surface area (Å²) in [5, 5.41) is 0. The average molecular weight is 374 g/mol. The monoisotopic (exact) mass is 374 g/mol. The number of carbonyl (C=O) groups excluding carboxylic acids is 2. The smallest absolute Gasteiger partial charge is 0.228 e. The Morgan fingerprint density at radius 2 is 2.04 bits per heavy atom. The number of hydrogen-bond donors (Lipinski definition) is 0. The zero-order chi connectivity index (χ0) is 19.6. The molecule has 2 fully saturated rings. The molecule has 3 rings (SSSR count). The molecule has 6 nitrogen and oxygen atoms in total. The molecule has 2 atom stereocenters. The van der Waals surface area contributed by atoms with Crippen LogP contribution in [0.5, 0.6) is 11.5 Å². The Bertz CT molecular complexity index is 703. The molecule has 6 heteroatoms. The van der Waals surface area contributed by atoms with Crippen LogP contribution in [0.2, 0.25) is 0 Å². The minimum atomic E-state index is -0.235. The highest BCUT2D eigenvalue weighted by Gasteiger charge is 2.40. The van der Waals surface area contributed by atoms with Crippen molar-refractivity contribution in [3.63, 3.8) is 0 Å². The molecule has 0 bridgehead atoms. The second-order valence-corrected chi connectivity index (χ2v) is 7.89. The number of amides is 2. The van der Waals surface area contributed by atoms with E-state index in [0.29, 0.717) is 18.9 Å². The van der Waals surface area contributed by atoms with Gasteiger partial charge in [-0.1, -0.05) is 13.8 Å². The van der Waals surface area contributed by atoms with E-state index in [-0.39, 0.29) is 23.8 Å². The van der Waals surface area contributed by atoms with Crippen LogP contribution in [0.4, 0.5) is 0 Å². The first-order valence-corrected chi connectivity index (χ1v) is 9.74. The lowest BCUT2D eigenvalue weighted by Crippen LogP contribution is -2.37. The van der Waals surface area contributed by atoms with Gasteiger partial charge in [-0.15, -0.1) is 0 Å². The van der Waals surface area contributed by atoms with Gasteiger partial charge in [-0.25, -0.2) is 0 Å². The first-order chi connectivity index (χ1) is 12.9. The molecule has 2 aliphatic heterocycles. The molecule has 1 aromatic carbocycles. The molecule has 0 N–H and O–H groups in total. The van der Waals surface area contributed by atoms with Gasteiger partial charge in [-0.2, -0.15) is 0 Å². The van der Waals surface area contributed by atoms with Crippen molar-refractivity contribution in [1.82, 2.24) is 9.80 Å². The summed E-state index contributed by atoms with van der Waals surface area (Å²) in [5.41, 5.74) is 1.01. The van der Waals surface area contributed by atoms with Gasteiger partial charge in [-0.05, 0) is 30.9 Å². The number of methoxy groups -OCH3 is 2. The van der Waals surface area contributed by atoms with Gasteiger partial charge in [-0.3, -0.25) is 9.59 Å². The van der Waals surface area contributed by atoms with Gasteiger partial charge in [0.05, 0.1) is 26.2 Å². The normalized spacial score (nSPS) is 22.6. The molecular weight excluding hydrogens is 344 g/mol. The fraction of sp³-hybridized carbons (Fsp3) is 0.619. The molecule has 2 saturated heterocycles. The predicted octanol–water partition coefficient (Wildman–Crippen LogP) is 2.87. The lowest BCUT2D eigenvalue weighted by Gasteiger charge is -2.29. The Morgan fingerprint density at radius 1 is 1.26 bits per heavy atom. The van der Waals surface area contributed by atoms with Gasteiger partial charge in [0.2, 0.25) is 11.8 Å². The Balaban J connectivity index is 1.77. The lowest BCUT2D eigenvalue weighted by molar-refractivity contribution is -0.136. The third kappa shape index (κ3) is 4.04. The van der Waals surface area contributed by atoms with Crippen molar-refractivity contribution in [2.24, 2.45) is 11.8 Å². The number of ether oxygens (including phenoxy) is 2. The summed E-state index contributed by atoms with van der Waals surface area (Å²) < 4.78 is 10.8. The highest BCUT2D eigenvalue weighted by atomic mass is 16.5. The van der Waals surface area contributed by atoms with Crippen LogP contribution in [-0.4, -0.2) is 55.5 Å². The zero-order valence-corrected chi connectivity index (χ0v) is 16.7. The Labute approximate surface area is 161 Å². The maximum absolute atomic E-state index is 13.2. The summed E-state index contributed by atoms with van der Waals surface area (Å²) in [6.45, 7) is 6.18. The van der Waals surface area contributed by atoms with Crippen LogP contribution in [0.15, 0.2) is 18.2 Å². The highest BCUT2D eigenvalue weighted by Crippen LogP contribution is 2.40. The molecule has 0 radical (unpaired) electrons. The maximum Gasteiger partial charge on any atom is 0.228 e. The van der Waals surface area contributed by atoms with Crippen molar-refractivity contribution in [1.29, 1.82) is 0 Å². The zero-order valence-electron chi connectivity index (χ0n) is 16.7. The molecule has 1 aromatic rings. The molecule has 2 amide bonds. The molecule has 0 aromatic heterocycles. The van der Waals surface area contributed by atoms with Crippen LogP contribution in [0.25, 0.3) is 0 Å². The summed E-state index contributed by atoms with van der Waals surface area (Å²) in [6.07, 6.45) is 2.20. The van der Waals surface area contributed by atoms with Gasteiger partial charge < -0.3 is 19.3 Å². The van der Waals surface area contributed by atoms with E-state index in [2.05, 4.69) is 13.8 Å². The minimum absolute atomic E-state index is 0.00685. The maximum atomic E-state index is 13.2. The van der Waals surface area contributed by atoms with Crippen molar-refractivity contribution < 1.29 is 19.1 Å². The quantitative estimate of drug-likeness (QED) is 0.768. The number of hydrogen-bond acceptors (Lipinski definition) is 4. The Hall–Kier alpha value is -2.24. The van der Waals surface area contributed by atoms with E-state index in [0.717, 1.165) is 43.0 Å². The number of nitrogens with zero attached hydrogens (tertiary/aromatic N) is 2. The third-order valence-electron chi connectivity index (χ3n) is 5.48. The molecule has 0 unspecified atom stereocenters. The van der Waals surface area contributed by atoms with Gasteiger partial charge in [0.1, 0.15) is 11.5 Å². The predicted molar refractivity (Wildman–Crippen MR) is 103 cm³/mol. The van der Waals surface area contributed by atoms with Crippen molar-refractivity contribution in [3.8, 4) is 11.5 Å². The van der Waals surface area contributed by atoms with Crippen LogP contribution in [0.3, 0.4) is 0 Å². The second kappa shape index (κ2) is 8.19. The molecule has 148 valence electrons. The number of rotatable bonds is 6. The summed E-state index contributed by atoms with van der Waals surface area (Å²) in [6, 6.07) is 5.74. The average Bonchev–Trinajstić information content (AvgIpc) is 3.27. The van der Waals surface area contributed by atoms with Gasteiger partial charge in [0, 0.05) is 37.7 Å². The highest BCUT2D eigenvalue weighted by molar-refractivity contribution is 5.89. The van der Waals surface area contributed by atoms with E-state index >= 15 is 0 Å². The van der Waals surface area contributed by atoms with Crippen LogP contribution >= 0.6 is 0 Å². The van der Waals surface area contributed by atoms with E-state index in [4.69, 9.17) is 9.47 Å². The molecule has 2 heterocycles. The minimum Gasteiger partial charge on any atom is -0.497 e. The van der Waals surface area contributed by atoms with Gasteiger partial charge >= 0.3 is 0 Å². The number of benzene rings is 1. The van der Waals surface area contributed by atoms with Crippen LogP contribution < -0.4 is 9.47 Å². The first kappa shape index (κ1) is 19.5. The van der Waals surface area contributed by atoms with Crippen molar-refractivity contribution in [2.45, 2.75) is 39.2 Å². The van der Waals surface area contributed by atoms with E-state index in [1.165, 1.54) is 0 Å². The first-order valence-electron chi connectivity index (χ1n) is 9.74. The fourth-order valence-electron chi connectivity index (χ4n) is 4.24. The SMILES string of the molecule is COc1ccc([C@H]2CCCN2C(=O)[C@@H]2CC(=O)N(CC(C)C)C2)c(OC)c1. The van der Waals surface area contributed by atoms with E-state index in [9.17, 15) is 9.59 Å². The summed E-state index contributed by atoms with van der Waals surface area (Å²) in [5.74, 6) is 1.84. The fourth-order valence-corrected chi connectivity index (χ4v) is 4.24. The molecule has 0 spiro atoms. The number of likely N-dealkylation sites (tertiary alicyclic amines) is 2. The topological polar surface area (TPSA) is 59.1 Å². The third-order valence-corrected chi connectivity index (χ3v) is 5.48. The summed E-state index contributed by atoms with van der Waals surface area (Å²) >= 11 is 0. The molecule has 0 aliphatic carbocycles. The largest absolute Gasteiger partial charge is 0.497 e. The van der Waals surface area contributed by atoms with E-state index < -0.39 is 0 Å². The van der Waals surface area contributed by atoms with Crippen molar-refractivity contribution >= 4 is 11.8 Å². The molecule has 27 heavy (non-hydrogen) atoms. The van der Waals surface area contributed by atoms with Crippen LogP contribution in [0.1, 0.15) is 44.7 Å². The van der Waals surface area contributed by atoms with Gasteiger partial charge in [0.15, 0.2) is 0 Å². The summed E-state index contributed by atoms with van der Waals surface area (Å²) in [7, 11) is 3.26. The van der Waals surface area contributed by atoms with Crippen molar-refractivity contribution in [3.05, 3.63) is 23.8 Å². The molecule has 0 saturated carbocycles. The Kier molecular flexibility index (Phi) is 5.92.